The fourth-order valence-corrected chi connectivity index (χ4v) is 1.94. The summed E-state index contributed by atoms with van der Waals surface area (Å²) in [6.07, 6.45) is 0. The van der Waals surface area contributed by atoms with Gasteiger partial charge in [-0.1, -0.05) is 0 Å². The summed E-state index contributed by atoms with van der Waals surface area (Å²) in [5.74, 6) is -1.02. The zero-order valence-electron chi connectivity index (χ0n) is 9.25. The maximum Gasteiger partial charge on any atom is 0.354 e. The Kier molecular flexibility index (Phi) is 2.12. The fraction of sp³-hybridized carbons (Fsp3) is 0.364. The Morgan fingerprint density at radius 2 is 2.29 bits per heavy atom. The molecule has 88 valence electrons. The van der Waals surface area contributed by atoms with Gasteiger partial charge in [0.05, 0.1) is 24.9 Å². The molecule has 1 N–H and O–H groups in total. The lowest BCUT2D eigenvalue weighted by molar-refractivity contribution is -0.0292. The summed E-state index contributed by atoms with van der Waals surface area (Å²) in [5, 5.41) is 13.3. The van der Waals surface area contributed by atoms with Crippen LogP contribution in [0.5, 0.6) is 0 Å². The third-order valence-corrected chi connectivity index (χ3v) is 2.96. The molecule has 0 amide bonds. The Balaban J connectivity index is 2.15. The van der Waals surface area contributed by atoms with E-state index in [1.54, 1.807) is 6.07 Å². The van der Waals surface area contributed by atoms with Crippen LogP contribution in [0.25, 0.3) is 11.0 Å². The van der Waals surface area contributed by atoms with Gasteiger partial charge in [0.1, 0.15) is 16.7 Å². The number of aromatic nitrogens is 3. The molecule has 2 aromatic heterocycles. The summed E-state index contributed by atoms with van der Waals surface area (Å²) in [4.78, 5) is 15.0. The van der Waals surface area contributed by atoms with Gasteiger partial charge in [-0.2, -0.15) is 5.10 Å². The molecule has 0 radical (unpaired) electrons. The van der Waals surface area contributed by atoms with Gasteiger partial charge >= 0.3 is 5.97 Å². The summed E-state index contributed by atoms with van der Waals surface area (Å²) in [6.45, 7) is 3.20. The summed E-state index contributed by atoms with van der Waals surface area (Å²) in [7, 11) is 0. The fourth-order valence-electron chi connectivity index (χ4n) is 1.94. The largest absolute Gasteiger partial charge is 0.477 e. The first-order valence-corrected chi connectivity index (χ1v) is 5.33. The van der Waals surface area contributed by atoms with Crippen molar-refractivity contribution in [3.8, 4) is 0 Å². The summed E-state index contributed by atoms with van der Waals surface area (Å²) >= 11 is 0. The number of hydrogen-bond donors (Lipinski definition) is 1. The van der Waals surface area contributed by atoms with Gasteiger partial charge < -0.3 is 9.84 Å². The molecule has 0 unspecified atom stereocenters. The quantitative estimate of drug-likeness (QED) is 0.837. The lowest BCUT2D eigenvalue weighted by atomic mass is 10.2. The number of hydrogen-bond acceptors (Lipinski definition) is 4. The van der Waals surface area contributed by atoms with E-state index in [9.17, 15) is 4.79 Å². The van der Waals surface area contributed by atoms with E-state index in [4.69, 9.17) is 9.84 Å². The summed E-state index contributed by atoms with van der Waals surface area (Å²) in [6, 6.07) is 3.41. The number of nitrogens with zero attached hydrogens (tertiary/aromatic N) is 3. The number of aromatic carboxylic acids is 1. The van der Waals surface area contributed by atoms with E-state index in [1.807, 2.05) is 11.6 Å². The molecule has 1 aliphatic rings. The van der Waals surface area contributed by atoms with Crippen LogP contribution in [0.4, 0.5) is 0 Å². The van der Waals surface area contributed by atoms with Crippen molar-refractivity contribution in [1.29, 1.82) is 0 Å². The Labute approximate surface area is 96.8 Å². The van der Waals surface area contributed by atoms with Crippen LogP contribution in [0.1, 0.15) is 22.2 Å². The van der Waals surface area contributed by atoms with E-state index >= 15 is 0 Å². The molecule has 2 aromatic rings. The molecule has 0 aromatic carbocycles. The second-order valence-electron chi connectivity index (χ2n) is 4.09. The lowest BCUT2D eigenvalue weighted by Gasteiger charge is -2.27. The number of pyridine rings is 1. The monoisotopic (exact) mass is 233 g/mol. The molecule has 0 atom stereocenters. The second kappa shape index (κ2) is 3.53. The van der Waals surface area contributed by atoms with Gasteiger partial charge in [-0.15, -0.1) is 0 Å². The highest BCUT2D eigenvalue weighted by Crippen LogP contribution is 2.23. The minimum Gasteiger partial charge on any atom is -0.477 e. The topological polar surface area (TPSA) is 77.2 Å². The molecule has 6 nitrogen and oxygen atoms in total. The molecule has 0 aliphatic carbocycles. The van der Waals surface area contributed by atoms with Crippen LogP contribution in [-0.4, -0.2) is 39.1 Å². The van der Waals surface area contributed by atoms with Gasteiger partial charge in [-0.05, 0) is 19.1 Å². The number of carbonyl (C=O) groups is 1. The lowest BCUT2D eigenvalue weighted by Crippen LogP contribution is -2.31. The van der Waals surface area contributed by atoms with E-state index in [2.05, 4.69) is 10.1 Å². The van der Waals surface area contributed by atoms with Crippen LogP contribution in [0.15, 0.2) is 12.1 Å². The smallest absolute Gasteiger partial charge is 0.354 e. The van der Waals surface area contributed by atoms with Gasteiger partial charge in [0, 0.05) is 0 Å². The second-order valence-corrected chi connectivity index (χ2v) is 4.09. The van der Waals surface area contributed by atoms with E-state index in [0.29, 0.717) is 18.7 Å². The minimum absolute atomic E-state index is 0.0463. The summed E-state index contributed by atoms with van der Waals surface area (Å²) < 4.78 is 6.99. The molecule has 0 spiro atoms. The first-order chi connectivity index (χ1) is 8.16. The molecule has 3 heterocycles. The number of aryl methyl sites for hydroxylation is 1. The van der Waals surface area contributed by atoms with Crippen molar-refractivity contribution < 1.29 is 14.6 Å². The Bertz CT molecular complexity index is 601. The highest BCUT2D eigenvalue weighted by atomic mass is 16.5. The van der Waals surface area contributed by atoms with Crippen molar-refractivity contribution in [3.63, 3.8) is 0 Å². The molecule has 1 fully saturated rings. The predicted molar refractivity (Wildman–Crippen MR) is 59.1 cm³/mol. The molecule has 1 saturated heterocycles. The maximum atomic E-state index is 10.9. The van der Waals surface area contributed by atoms with Crippen molar-refractivity contribution in [3.05, 3.63) is 23.5 Å². The first-order valence-electron chi connectivity index (χ1n) is 5.33. The van der Waals surface area contributed by atoms with Gasteiger partial charge in [0.2, 0.25) is 0 Å². The van der Waals surface area contributed by atoms with E-state index in [1.165, 1.54) is 6.07 Å². The minimum atomic E-state index is -1.02. The molecule has 17 heavy (non-hydrogen) atoms. The van der Waals surface area contributed by atoms with Crippen molar-refractivity contribution in [1.82, 2.24) is 14.8 Å². The third kappa shape index (κ3) is 1.49. The van der Waals surface area contributed by atoms with Crippen LogP contribution in [0, 0.1) is 6.92 Å². The SMILES string of the molecule is Cc1c2nc(C(=O)O)ccc2nn1C1COC1. The molecule has 0 saturated carbocycles. The predicted octanol–water partition coefficient (Wildman–Crippen LogP) is 1.01. The highest BCUT2D eigenvalue weighted by Gasteiger charge is 2.24. The van der Waals surface area contributed by atoms with E-state index < -0.39 is 5.97 Å². The van der Waals surface area contributed by atoms with Gasteiger partial charge in [-0.25, -0.2) is 9.78 Å². The zero-order chi connectivity index (χ0) is 12.0. The van der Waals surface area contributed by atoms with Crippen LogP contribution in [0.2, 0.25) is 0 Å². The van der Waals surface area contributed by atoms with Crippen LogP contribution in [0.3, 0.4) is 0 Å². The maximum absolute atomic E-state index is 10.9. The number of carboxylic acids is 1. The molecule has 0 bridgehead atoms. The molecular formula is C11H11N3O3. The number of fused-ring (bicyclic) bond motifs is 1. The third-order valence-electron chi connectivity index (χ3n) is 2.96. The van der Waals surface area contributed by atoms with Crippen molar-refractivity contribution >= 4 is 17.0 Å². The van der Waals surface area contributed by atoms with Gasteiger partial charge in [0.25, 0.3) is 0 Å². The van der Waals surface area contributed by atoms with Crippen LogP contribution < -0.4 is 0 Å². The molecule has 1 aliphatic heterocycles. The Morgan fingerprint density at radius 3 is 2.88 bits per heavy atom. The highest BCUT2D eigenvalue weighted by molar-refractivity contribution is 5.89. The van der Waals surface area contributed by atoms with Crippen molar-refractivity contribution in [2.24, 2.45) is 0 Å². The summed E-state index contributed by atoms with van der Waals surface area (Å²) in [5.41, 5.74) is 2.30. The van der Waals surface area contributed by atoms with Crippen molar-refractivity contribution in [2.45, 2.75) is 13.0 Å². The average Bonchev–Trinajstić information content (AvgIpc) is 2.54. The molecular weight excluding hydrogens is 222 g/mol. The first kappa shape index (κ1) is 10.2. The van der Waals surface area contributed by atoms with E-state index in [-0.39, 0.29) is 11.7 Å². The normalized spacial score (nSPS) is 16.1. The van der Waals surface area contributed by atoms with E-state index in [0.717, 1.165) is 11.2 Å². The van der Waals surface area contributed by atoms with Crippen LogP contribution in [-0.2, 0) is 4.74 Å². The van der Waals surface area contributed by atoms with Gasteiger partial charge in [0.15, 0.2) is 0 Å². The van der Waals surface area contributed by atoms with Crippen LogP contribution >= 0.6 is 0 Å². The zero-order valence-corrected chi connectivity index (χ0v) is 9.25. The van der Waals surface area contributed by atoms with Gasteiger partial charge in [-0.3, -0.25) is 4.68 Å². The molecule has 6 heteroatoms. The average molecular weight is 233 g/mol. The standard InChI is InChI=1S/C11H11N3O3/c1-6-10-8(2-3-9(12-10)11(15)16)13-14(6)7-4-17-5-7/h2-3,7H,4-5H2,1H3,(H,15,16). The number of ether oxygens (including phenoxy) is 1. The molecule has 3 rings (SSSR count). The Morgan fingerprint density at radius 1 is 1.53 bits per heavy atom. The number of carboxylic acid groups (broad SMARTS) is 1. The van der Waals surface area contributed by atoms with Crippen molar-refractivity contribution in [2.75, 3.05) is 13.2 Å². The Hall–Kier alpha value is -1.95. The number of rotatable bonds is 2.